The highest BCUT2D eigenvalue weighted by Gasteiger charge is 2.22. The van der Waals surface area contributed by atoms with Crippen molar-refractivity contribution in [3.05, 3.63) is 30.7 Å². The second kappa shape index (κ2) is 6.64. The molecule has 1 amide bonds. The Hall–Kier alpha value is -2.64. The number of aromatic nitrogens is 4. The van der Waals surface area contributed by atoms with E-state index < -0.39 is 0 Å². The Morgan fingerprint density at radius 2 is 2.04 bits per heavy atom. The summed E-state index contributed by atoms with van der Waals surface area (Å²) in [6.45, 7) is 3.19. The van der Waals surface area contributed by atoms with Crippen molar-refractivity contribution in [1.29, 1.82) is 0 Å². The molecule has 2 aromatic rings. The van der Waals surface area contributed by atoms with E-state index in [2.05, 4.69) is 20.2 Å². The summed E-state index contributed by atoms with van der Waals surface area (Å²) in [6.07, 6.45) is 5.23. The summed E-state index contributed by atoms with van der Waals surface area (Å²) >= 11 is 0. The molecule has 0 aromatic carbocycles. The second-order valence-corrected chi connectivity index (χ2v) is 5.74. The van der Waals surface area contributed by atoms with Crippen molar-refractivity contribution in [2.45, 2.75) is 6.54 Å². The molecular formula is C15H21N7O. The van der Waals surface area contributed by atoms with Gasteiger partial charge in [0.2, 0.25) is 5.91 Å². The molecule has 2 aromatic heterocycles. The van der Waals surface area contributed by atoms with Crippen LogP contribution in [0.2, 0.25) is 0 Å². The van der Waals surface area contributed by atoms with E-state index in [1.54, 1.807) is 23.3 Å². The standard InChI is InChI=1S/C15H21N7O/c1-19(2)13-10-14(18-16-11-13)20-6-8-21(9-7-20)15(23)12-22-5-3-4-17-22/h3-5,10-11H,6-9,12H2,1-2H3. The molecule has 0 atom stereocenters. The van der Waals surface area contributed by atoms with Gasteiger partial charge < -0.3 is 14.7 Å². The van der Waals surface area contributed by atoms with Gasteiger partial charge in [0, 0.05) is 58.7 Å². The first-order chi connectivity index (χ1) is 11.1. The lowest BCUT2D eigenvalue weighted by Crippen LogP contribution is -2.50. The second-order valence-electron chi connectivity index (χ2n) is 5.74. The summed E-state index contributed by atoms with van der Waals surface area (Å²) in [4.78, 5) is 18.3. The van der Waals surface area contributed by atoms with Gasteiger partial charge in [0.1, 0.15) is 6.54 Å². The number of carbonyl (C=O) groups is 1. The Morgan fingerprint density at radius 1 is 1.26 bits per heavy atom. The average Bonchev–Trinajstić information content (AvgIpc) is 3.08. The van der Waals surface area contributed by atoms with Crippen molar-refractivity contribution in [2.24, 2.45) is 0 Å². The predicted molar refractivity (Wildman–Crippen MR) is 87.4 cm³/mol. The van der Waals surface area contributed by atoms with Crippen molar-refractivity contribution < 1.29 is 4.79 Å². The van der Waals surface area contributed by atoms with E-state index in [4.69, 9.17) is 0 Å². The van der Waals surface area contributed by atoms with E-state index >= 15 is 0 Å². The Bertz CT molecular complexity index is 648. The number of anilines is 2. The number of nitrogens with zero attached hydrogens (tertiary/aromatic N) is 7. The van der Waals surface area contributed by atoms with Crippen LogP contribution in [0, 0.1) is 0 Å². The number of carbonyl (C=O) groups excluding carboxylic acids is 1. The van der Waals surface area contributed by atoms with Gasteiger partial charge in [-0.1, -0.05) is 0 Å². The van der Waals surface area contributed by atoms with E-state index in [0.29, 0.717) is 19.6 Å². The van der Waals surface area contributed by atoms with Crippen LogP contribution in [0.25, 0.3) is 0 Å². The van der Waals surface area contributed by atoms with Crippen molar-refractivity contribution in [3.63, 3.8) is 0 Å². The third-order valence-corrected chi connectivity index (χ3v) is 3.96. The lowest BCUT2D eigenvalue weighted by molar-refractivity contribution is -0.132. The zero-order chi connectivity index (χ0) is 16.2. The number of rotatable bonds is 4. The van der Waals surface area contributed by atoms with Gasteiger partial charge in [-0.2, -0.15) is 10.2 Å². The molecule has 0 aliphatic carbocycles. The Labute approximate surface area is 135 Å². The van der Waals surface area contributed by atoms with Crippen LogP contribution in [0.15, 0.2) is 30.7 Å². The van der Waals surface area contributed by atoms with Crippen LogP contribution in [0.3, 0.4) is 0 Å². The zero-order valence-corrected chi connectivity index (χ0v) is 13.5. The van der Waals surface area contributed by atoms with Gasteiger partial charge in [0.05, 0.1) is 11.9 Å². The lowest BCUT2D eigenvalue weighted by Gasteiger charge is -2.35. The monoisotopic (exact) mass is 315 g/mol. The first-order valence-electron chi connectivity index (χ1n) is 7.63. The molecule has 1 fully saturated rings. The maximum Gasteiger partial charge on any atom is 0.244 e. The molecule has 0 spiro atoms. The van der Waals surface area contributed by atoms with Gasteiger partial charge in [-0.25, -0.2) is 0 Å². The van der Waals surface area contributed by atoms with Crippen LogP contribution in [0.5, 0.6) is 0 Å². The molecule has 3 rings (SSSR count). The van der Waals surface area contributed by atoms with Crippen molar-refractivity contribution in [3.8, 4) is 0 Å². The Kier molecular flexibility index (Phi) is 4.40. The maximum atomic E-state index is 12.3. The third kappa shape index (κ3) is 3.58. The van der Waals surface area contributed by atoms with Gasteiger partial charge in [0.25, 0.3) is 0 Å². The van der Waals surface area contributed by atoms with Gasteiger partial charge >= 0.3 is 0 Å². The highest BCUT2D eigenvalue weighted by Crippen LogP contribution is 2.18. The van der Waals surface area contributed by atoms with E-state index in [-0.39, 0.29) is 5.91 Å². The number of hydrogen-bond donors (Lipinski definition) is 0. The van der Waals surface area contributed by atoms with Crippen LogP contribution in [-0.4, -0.2) is 71.1 Å². The van der Waals surface area contributed by atoms with Crippen LogP contribution in [0.1, 0.15) is 0 Å². The fourth-order valence-electron chi connectivity index (χ4n) is 2.56. The number of hydrogen-bond acceptors (Lipinski definition) is 6. The van der Waals surface area contributed by atoms with Crippen LogP contribution in [0.4, 0.5) is 11.5 Å². The molecule has 1 aliphatic heterocycles. The van der Waals surface area contributed by atoms with Gasteiger partial charge in [0.15, 0.2) is 5.82 Å². The average molecular weight is 315 g/mol. The SMILES string of the molecule is CN(C)c1cnnc(N2CCN(C(=O)Cn3cccn3)CC2)c1. The lowest BCUT2D eigenvalue weighted by atomic mass is 10.3. The Balaban J connectivity index is 1.58. The molecule has 0 bridgehead atoms. The van der Waals surface area contributed by atoms with Gasteiger partial charge in [-0.3, -0.25) is 9.48 Å². The molecule has 0 unspecified atom stereocenters. The molecule has 0 radical (unpaired) electrons. The summed E-state index contributed by atoms with van der Waals surface area (Å²) in [5, 5.41) is 12.3. The first kappa shape index (κ1) is 15.3. The van der Waals surface area contributed by atoms with Crippen molar-refractivity contribution in [2.75, 3.05) is 50.1 Å². The summed E-state index contributed by atoms with van der Waals surface area (Å²) in [5.74, 6) is 0.955. The molecule has 8 nitrogen and oxygen atoms in total. The quantitative estimate of drug-likeness (QED) is 0.796. The minimum atomic E-state index is 0.0986. The topological polar surface area (TPSA) is 70.4 Å². The molecule has 8 heteroatoms. The molecule has 1 saturated heterocycles. The molecule has 0 saturated carbocycles. The third-order valence-electron chi connectivity index (χ3n) is 3.96. The normalized spacial score (nSPS) is 14.9. The van der Waals surface area contributed by atoms with E-state index in [0.717, 1.165) is 24.6 Å². The smallest absolute Gasteiger partial charge is 0.244 e. The van der Waals surface area contributed by atoms with Crippen LogP contribution >= 0.6 is 0 Å². The molecule has 23 heavy (non-hydrogen) atoms. The largest absolute Gasteiger partial charge is 0.376 e. The number of piperazine rings is 1. The van der Waals surface area contributed by atoms with Gasteiger partial charge in [-0.15, -0.1) is 5.10 Å². The summed E-state index contributed by atoms with van der Waals surface area (Å²) in [7, 11) is 3.96. The molecule has 1 aliphatic rings. The zero-order valence-electron chi connectivity index (χ0n) is 13.5. The minimum Gasteiger partial charge on any atom is -0.376 e. The maximum absolute atomic E-state index is 12.3. The van der Waals surface area contributed by atoms with Gasteiger partial charge in [-0.05, 0) is 6.07 Å². The van der Waals surface area contributed by atoms with Crippen molar-refractivity contribution in [1.82, 2.24) is 24.9 Å². The van der Waals surface area contributed by atoms with E-state index in [1.165, 1.54) is 0 Å². The summed E-state index contributed by atoms with van der Waals surface area (Å²) in [6, 6.07) is 3.84. The summed E-state index contributed by atoms with van der Waals surface area (Å²) < 4.78 is 1.65. The fourth-order valence-corrected chi connectivity index (χ4v) is 2.56. The highest BCUT2D eigenvalue weighted by molar-refractivity contribution is 5.76. The van der Waals surface area contributed by atoms with E-state index in [1.807, 2.05) is 36.0 Å². The highest BCUT2D eigenvalue weighted by atomic mass is 16.2. The van der Waals surface area contributed by atoms with Crippen LogP contribution < -0.4 is 9.80 Å². The van der Waals surface area contributed by atoms with E-state index in [9.17, 15) is 4.79 Å². The summed E-state index contributed by atoms with van der Waals surface area (Å²) in [5.41, 5.74) is 1.02. The number of amides is 1. The molecule has 3 heterocycles. The minimum absolute atomic E-state index is 0.0986. The predicted octanol–water partition coefficient (Wildman–Crippen LogP) is 0.0879. The molecule has 0 N–H and O–H groups in total. The van der Waals surface area contributed by atoms with Crippen LogP contribution in [-0.2, 0) is 11.3 Å². The fraction of sp³-hybridized carbons (Fsp3) is 0.467. The Morgan fingerprint density at radius 3 is 2.70 bits per heavy atom. The molecule has 122 valence electrons. The van der Waals surface area contributed by atoms with Crippen molar-refractivity contribution >= 4 is 17.4 Å². The molecular weight excluding hydrogens is 294 g/mol. The first-order valence-corrected chi connectivity index (χ1v) is 7.63.